The molecule has 1 rings (SSSR count). The molecule has 0 heterocycles. The van der Waals surface area contributed by atoms with E-state index in [0.717, 1.165) is 0 Å². The van der Waals surface area contributed by atoms with E-state index in [0.29, 0.717) is 30.6 Å². The first kappa shape index (κ1) is 13.2. The highest BCUT2D eigenvalue weighted by Crippen LogP contribution is 2.18. The molecule has 1 atom stereocenters. The lowest BCUT2D eigenvalue weighted by Crippen LogP contribution is -2.29. The minimum absolute atomic E-state index is 0.314. The fraction of sp³-hybridized carbons (Fsp3) is 0.385. The van der Waals surface area contributed by atoms with Gasteiger partial charge in [-0.15, -0.1) is 0 Å². The summed E-state index contributed by atoms with van der Waals surface area (Å²) in [6.07, 6.45) is 0.523. The second-order valence-corrected chi connectivity index (χ2v) is 3.42. The van der Waals surface area contributed by atoms with Crippen molar-refractivity contribution in [3.8, 4) is 5.75 Å². The number of hydrogen-bond donors (Lipinski definition) is 0. The maximum Gasteiger partial charge on any atom is 0.347 e. The zero-order chi connectivity index (χ0) is 12.7. The van der Waals surface area contributed by atoms with Gasteiger partial charge in [-0.2, -0.15) is 0 Å². The van der Waals surface area contributed by atoms with Crippen molar-refractivity contribution in [2.24, 2.45) is 0 Å². The molecule has 0 N–H and O–H groups in total. The topological polar surface area (TPSA) is 52.6 Å². The number of esters is 1. The number of carbonyl (C=O) groups is 2. The molecule has 0 saturated carbocycles. The zero-order valence-electron chi connectivity index (χ0n) is 10.0. The van der Waals surface area contributed by atoms with Crippen molar-refractivity contribution in [1.29, 1.82) is 0 Å². The lowest BCUT2D eigenvalue weighted by Gasteiger charge is -2.16. The molecule has 0 fully saturated rings. The number of rotatable bonds is 6. The Hall–Kier alpha value is -1.84. The van der Waals surface area contributed by atoms with Crippen molar-refractivity contribution in [3.63, 3.8) is 0 Å². The van der Waals surface area contributed by atoms with Gasteiger partial charge < -0.3 is 9.47 Å². The lowest BCUT2D eigenvalue weighted by atomic mass is 10.2. The minimum Gasteiger partial charge on any atom is -0.478 e. The van der Waals surface area contributed by atoms with E-state index in [9.17, 15) is 9.59 Å². The van der Waals surface area contributed by atoms with Crippen LogP contribution in [0.3, 0.4) is 0 Å². The smallest absolute Gasteiger partial charge is 0.347 e. The number of ether oxygens (including phenoxy) is 2. The van der Waals surface area contributed by atoms with Gasteiger partial charge >= 0.3 is 5.97 Å². The quantitative estimate of drug-likeness (QED) is 0.561. The fourth-order valence-corrected chi connectivity index (χ4v) is 1.37. The zero-order valence-corrected chi connectivity index (χ0v) is 10.0. The number of benzene rings is 1. The summed E-state index contributed by atoms with van der Waals surface area (Å²) in [5.74, 6) is -0.00175. The molecule has 17 heavy (non-hydrogen) atoms. The first-order chi connectivity index (χ1) is 8.22. The van der Waals surface area contributed by atoms with Gasteiger partial charge in [0.15, 0.2) is 12.4 Å². The lowest BCUT2D eigenvalue weighted by molar-refractivity contribution is -0.151. The summed E-state index contributed by atoms with van der Waals surface area (Å²) >= 11 is 0. The first-order valence-corrected chi connectivity index (χ1v) is 5.60. The third kappa shape index (κ3) is 3.59. The van der Waals surface area contributed by atoms with Crippen LogP contribution in [0.2, 0.25) is 0 Å². The molecule has 1 unspecified atom stereocenters. The molecule has 0 aliphatic heterocycles. The SMILES string of the molecule is CCOC(=O)C(CC)Oc1ccccc1C=O. The molecule has 0 spiro atoms. The molecule has 4 nitrogen and oxygen atoms in total. The number of para-hydroxylation sites is 1. The number of aldehydes is 1. The predicted octanol–water partition coefficient (Wildman–Crippen LogP) is 2.22. The molecular formula is C13H16O4. The van der Waals surface area contributed by atoms with Gasteiger partial charge in [-0.05, 0) is 25.5 Å². The highest BCUT2D eigenvalue weighted by Gasteiger charge is 2.20. The van der Waals surface area contributed by atoms with Crippen LogP contribution in [-0.4, -0.2) is 25.0 Å². The Morgan fingerprint density at radius 2 is 2.06 bits per heavy atom. The van der Waals surface area contributed by atoms with Crippen LogP contribution >= 0.6 is 0 Å². The molecule has 0 aliphatic rings. The van der Waals surface area contributed by atoms with Crippen LogP contribution in [0.15, 0.2) is 24.3 Å². The van der Waals surface area contributed by atoms with Crippen molar-refractivity contribution >= 4 is 12.3 Å². The average Bonchev–Trinajstić information content (AvgIpc) is 2.36. The Kier molecular flexibility index (Phi) is 5.20. The van der Waals surface area contributed by atoms with Gasteiger partial charge in [-0.1, -0.05) is 19.1 Å². The highest BCUT2D eigenvalue weighted by molar-refractivity contribution is 5.80. The Labute approximate surface area is 101 Å². The van der Waals surface area contributed by atoms with E-state index >= 15 is 0 Å². The molecule has 0 bridgehead atoms. The molecule has 0 saturated heterocycles. The van der Waals surface area contributed by atoms with E-state index < -0.39 is 12.1 Å². The van der Waals surface area contributed by atoms with Gasteiger partial charge in [-0.25, -0.2) is 4.79 Å². The Balaban J connectivity index is 2.80. The van der Waals surface area contributed by atoms with Crippen molar-refractivity contribution in [1.82, 2.24) is 0 Å². The second kappa shape index (κ2) is 6.68. The van der Waals surface area contributed by atoms with Gasteiger partial charge in [0.2, 0.25) is 0 Å². The van der Waals surface area contributed by atoms with Crippen LogP contribution in [0.5, 0.6) is 5.75 Å². The summed E-state index contributed by atoms with van der Waals surface area (Å²) in [6.45, 7) is 3.88. The van der Waals surface area contributed by atoms with Crippen LogP contribution in [-0.2, 0) is 9.53 Å². The number of hydrogen-bond acceptors (Lipinski definition) is 4. The summed E-state index contributed by atoms with van der Waals surface area (Å²) in [7, 11) is 0. The molecule has 1 aromatic rings. The van der Waals surface area contributed by atoms with E-state index in [-0.39, 0.29) is 0 Å². The Bertz CT molecular complexity index is 387. The van der Waals surface area contributed by atoms with E-state index in [1.165, 1.54) is 0 Å². The highest BCUT2D eigenvalue weighted by atomic mass is 16.6. The molecule has 4 heteroatoms. The summed E-state index contributed by atoms with van der Waals surface area (Å²) in [6, 6.07) is 6.79. The largest absolute Gasteiger partial charge is 0.478 e. The Morgan fingerprint density at radius 3 is 2.65 bits per heavy atom. The summed E-state index contributed by atoms with van der Waals surface area (Å²) in [5.41, 5.74) is 0.426. The summed E-state index contributed by atoms with van der Waals surface area (Å²) in [4.78, 5) is 22.3. The molecule has 0 aliphatic carbocycles. The third-order valence-corrected chi connectivity index (χ3v) is 2.24. The van der Waals surface area contributed by atoms with Crippen LogP contribution in [0.1, 0.15) is 30.6 Å². The monoisotopic (exact) mass is 236 g/mol. The van der Waals surface area contributed by atoms with Crippen molar-refractivity contribution < 1.29 is 19.1 Å². The van der Waals surface area contributed by atoms with Gasteiger partial charge in [0.25, 0.3) is 0 Å². The maximum absolute atomic E-state index is 11.5. The Morgan fingerprint density at radius 1 is 1.35 bits per heavy atom. The average molecular weight is 236 g/mol. The maximum atomic E-state index is 11.5. The van der Waals surface area contributed by atoms with Crippen molar-refractivity contribution in [3.05, 3.63) is 29.8 Å². The van der Waals surface area contributed by atoms with Gasteiger partial charge in [0.05, 0.1) is 12.2 Å². The number of carbonyl (C=O) groups excluding carboxylic acids is 2. The van der Waals surface area contributed by atoms with E-state index in [1.807, 2.05) is 6.92 Å². The molecule has 92 valence electrons. The van der Waals surface area contributed by atoms with Crippen LogP contribution in [0, 0.1) is 0 Å². The standard InChI is InChI=1S/C13H16O4/c1-3-11(13(15)16-4-2)17-12-8-6-5-7-10(12)9-14/h5-9,11H,3-4H2,1-2H3. The normalized spacial score (nSPS) is 11.6. The van der Waals surface area contributed by atoms with Crippen molar-refractivity contribution in [2.75, 3.05) is 6.61 Å². The van der Waals surface area contributed by atoms with Gasteiger partial charge in [0, 0.05) is 0 Å². The third-order valence-electron chi connectivity index (χ3n) is 2.24. The first-order valence-electron chi connectivity index (χ1n) is 5.60. The molecule has 0 radical (unpaired) electrons. The molecule has 0 aromatic heterocycles. The molecule has 1 aromatic carbocycles. The summed E-state index contributed by atoms with van der Waals surface area (Å²) in [5, 5.41) is 0. The summed E-state index contributed by atoms with van der Waals surface area (Å²) < 4.78 is 10.4. The van der Waals surface area contributed by atoms with E-state index in [2.05, 4.69) is 0 Å². The van der Waals surface area contributed by atoms with Crippen molar-refractivity contribution in [2.45, 2.75) is 26.4 Å². The minimum atomic E-state index is -0.670. The predicted molar refractivity (Wildman–Crippen MR) is 63.2 cm³/mol. The van der Waals surface area contributed by atoms with E-state index in [4.69, 9.17) is 9.47 Å². The van der Waals surface area contributed by atoms with Crippen LogP contribution in [0.4, 0.5) is 0 Å². The van der Waals surface area contributed by atoms with E-state index in [1.54, 1.807) is 31.2 Å². The molecule has 0 amide bonds. The second-order valence-electron chi connectivity index (χ2n) is 3.42. The fourth-order valence-electron chi connectivity index (χ4n) is 1.37. The van der Waals surface area contributed by atoms with Gasteiger partial charge in [0.1, 0.15) is 5.75 Å². The van der Waals surface area contributed by atoms with Gasteiger partial charge in [-0.3, -0.25) is 4.79 Å². The van der Waals surface area contributed by atoms with Crippen LogP contribution < -0.4 is 4.74 Å². The van der Waals surface area contributed by atoms with Crippen LogP contribution in [0.25, 0.3) is 0 Å². The molecular weight excluding hydrogens is 220 g/mol.